The Labute approximate surface area is 205 Å². The lowest BCUT2D eigenvalue weighted by atomic mass is 10.0. The van der Waals surface area contributed by atoms with Gasteiger partial charge in [0.25, 0.3) is 5.91 Å². The average Bonchev–Trinajstić information content (AvgIpc) is 3.21. The standard InChI is InChI=1S/C24H29N7O3S/c1-4-5-21-19(8-11-25)27-23-30(15-16-13-26-29(3)14-16)22(32)18-12-17(6-7-20(18)31(21)23)35(33,34)28-24(2)9-10-24/h6-7,12-14,19,21,28H,8-11,15,25H2,1-3H3/t19-,21?/m0/s1. The first-order valence-electron chi connectivity index (χ1n) is 11.6. The van der Waals surface area contributed by atoms with Crippen LogP contribution in [0.3, 0.4) is 0 Å². The van der Waals surface area contributed by atoms with Crippen LogP contribution in [0.25, 0.3) is 0 Å². The summed E-state index contributed by atoms with van der Waals surface area (Å²) in [5.74, 6) is 6.39. The zero-order valence-corrected chi connectivity index (χ0v) is 20.8. The SMILES string of the molecule is CC#CC1[C@H](CCN)N=C2N(Cc3cnn(C)c3)C(=O)c3cc(S(=O)(=O)NC4(C)CC4)ccc3N21. The molecular weight excluding hydrogens is 466 g/mol. The molecule has 35 heavy (non-hydrogen) atoms. The minimum atomic E-state index is -3.78. The summed E-state index contributed by atoms with van der Waals surface area (Å²) in [4.78, 5) is 22.2. The van der Waals surface area contributed by atoms with Gasteiger partial charge in [-0.25, -0.2) is 18.1 Å². The molecule has 1 amide bonds. The molecule has 0 radical (unpaired) electrons. The Morgan fingerprint density at radius 2 is 2.09 bits per heavy atom. The number of benzene rings is 1. The number of nitrogens with zero attached hydrogens (tertiary/aromatic N) is 5. The first-order valence-corrected chi connectivity index (χ1v) is 13.1. The van der Waals surface area contributed by atoms with Crippen molar-refractivity contribution in [3.8, 4) is 11.8 Å². The molecule has 3 N–H and O–H groups in total. The third-order valence-corrected chi connectivity index (χ3v) is 8.26. The Hall–Kier alpha value is -3.20. The number of hydrogen-bond donors (Lipinski definition) is 2. The number of anilines is 1. The smallest absolute Gasteiger partial charge is 0.263 e. The predicted octanol–water partition coefficient (Wildman–Crippen LogP) is 1.19. The summed E-state index contributed by atoms with van der Waals surface area (Å²) in [5, 5.41) is 4.21. The van der Waals surface area contributed by atoms with E-state index in [0.29, 0.717) is 30.2 Å². The van der Waals surface area contributed by atoms with E-state index in [2.05, 4.69) is 21.7 Å². The zero-order valence-electron chi connectivity index (χ0n) is 20.0. The summed E-state index contributed by atoms with van der Waals surface area (Å²) in [7, 11) is -1.97. The second-order valence-electron chi connectivity index (χ2n) is 9.54. The van der Waals surface area contributed by atoms with Gasteiger partial charge in [-0.15, -0.1) is 5.92 Å². The Morgan fingerprint density at radius 3 is 2.71 bits per heavy atom. The number of nitrogens with two attached hydrogens (primary N) is 1. The highest BCUT2D eigenvalue weighted by Gasteiger charge is 2.46. The number of nitrogens with one attached hydrogen (secondary N) is 1. The van der Waals surface area contributed by atoms with Gasteiger partial charge in [-0.3, -0.25) is 19.3 Å². The Kier molecular flexibility index (Phi) is 5.70. The van der Waals surface area contributed by atoms with Crippen molar-refractivity contribution in [2.75, 3.05) is 11.4 Å². The highest BCUT2D eigenvalue weighted by molar-refractivity contribution is 7.89. The van der Waals surface area contributed by atoms with Gasteiger partial charge in [-0.1, -0.05) is 5.92 Å². The summed E-state index contributed by atoms with van der Waals surface area (Å²) >= 11 is 0. The number of aliphatic imine (C=N–C) groups is 1. The number of carbonyl (C=O) groups is 1. The van der Waals surface area contributed by atoms with E-state index in [0.717, 1.165) is 18.4 Å². The van der Waals surface area contributed by atoms with Gasteiger partial charge in [0, 0.05) is 24.3 Å². The van der Waals surface area contributed by atoms with E-state index < -0.39 is 15.6 Å². The minimum absolute atomic E-state index is 0.0651. The van der Waals surface area contributed by atoms with Crippen LogP contribution in [-0.2, 0) is 23.6 Å². The molecule has 2 aliphatic heterocycles. The molecule has 0 bridgehead atoms. The summed E-state index contributed by atoms with van der Waals surface area (Å²) in [5.41, 5.74) is 7.17. The molecule has 1 aromatic heterocycles. The van der Waals surface area contributed by atoms with Crippen molar-refractivity contribution in [2.45, 2.75) is 62.2 Å². The van der Waals surface area contributed by atoms with Gasteiger partial charge in [-0.2, -0.15) is 5.10 Å². The number of fused-ring (bicyclic) bond motifs is 3. The largest absolute Gasteiger partial charge is 0.330 e. The molecule has 2 aromatic rings. The minimum Gasteiger partial charge on any atom is -0.330 e. The maximum absolute atomic E-state index is 13.8. The van der Waals surface area contributed by atoms with Gasteiger partial charge in [0.15, 0.2) is 0 Å². The summed E-state index contributed by atoms with van der Waals surface area (Å²) in [6.45, 7) is 4.32. The molecule has 1 aromatic carbocycles. The average molecular weight is 496 g/mol. The quantitative estimate of drug-likeness (QED) is 0.556. The van der Waals surface area contributed by atoms with Crippen molar-refractivity contribution in [3.05, 3.63) is 41.7 Å². The van der Waals surface area contributed by atoms with Crippen molar-refractivity contribution in [3.63, 3.8) is 0 Å². The zero-order chi connectivity index (χ0) is 25.0. The molecule has 2 atom stereocenters. The van der Waals surface area contributed by atoms with E-state index in [1.54, 1.807) is 34.8 Å². The van der Waals surface area contributed by atoms with Crippen molar-refractivity contribution in [2.24, 2.45) is 17.8 Å². The maximum Gasteiger partial charge on any atom is 0.263 e. The van der Waals surface area contributed by atoms with E-state index in [-0.39, 0.29) is 29.4 Å². The summed E-state index contributed by atoms with van der Waals surface area (Å²) < 4.78 is 30.6. The number of hydrogen-bond acceptors (Lipinski definition) is 7. The number of aromatic nitrogens is 2. The van der Waals surface area contributed by atoms with Gasteiger partial charge in [-0.05, 0) is 57.9 Å². The van der Waals surface area contributed by atoms with Gasteiger partial charge < -0.3 is 5.73 Å². The fourth-order valence-corrected chi connectivity index (χ4v) is 6.08. The summed E-state index contributed by atoms with van der Waals surface area (Å²) in [6.07, 6.45) is 5.73. The summed E-state index contributed by atoms with van der Waals surface area (Å²) in [6, 6.07) is 4.17. The maximum atomic E-state index is 13.8. The van der Waals surface area contributed by atoms with Crippen LogP contribution in [0.5, 0.6) is 0 Å². The van der Waals surface area contributed by atoms with E-state index in [9.17, 15) is 13.2 Å². The molecule has 3 heterocycles. The fourth-order valence-electron chi connectivity index (χ4n) is 4.59. The first kappa shape index (κ1) is 23.5. The van der Waals surface area contributed by atoms with Crippen LogP contribution in [0.1, 0.15) is 49.0 Å². The lowest BCUT2D eigenvalue weighted by Crippen LogP contribution is -2.53. The molecule has 184 valence electrons. The van der Waals surface area contributed by atoms with E-state index in [4.69, 9.17) is 10.7 Å². The van der Waals surface area contributed by atoms with Gasteiger partial charge >= 0.3 is 0 Å². The molecule has 11 heteroatoms. The topological polar surface area (TPSA) is 126 Å². The number of aryl methyl sites for hydroxylation is 1. The molecular formula is C24H29N7O3S. The second kappa shape index (κ2) is 8.48. The number of sulfonamides is 1. The van der Waals surface area contributed by atoms with Gasteiger partial charge in [0.1, 0.15) is 6.04 Å². The van der Waals surface area contributed by atoms with Crippen LogP contribution in [-0.4, -0.2) is 59.1 Å². The first-order chi connectivity index (χ1) is 16.7. The van der Waals surface area contributed by atoms with Crippen molar-refractivity contribution < 1.29 is 13.2 Å². The monoisotopic (exact) mass is 495 g/mol. The lowest BCUT2D eigenvalue weighted by molar-refractivity contribution is 0.0833. The number of carbonyl (C=O) groups excluding carboxylic acids is 1. The molecule has 1 fully saturated rings. The van der Waals surface area contributed by atoms with E-state index in [1.165, 1.54) is 6.07 Å². The van der Waals surface area contributed by atoms with E-state index in [1.807, 2.05) is 25.1 Å². The molecule has 10 nitrogen and oxygen atoms in total. The van der Waals surface area contributed by atoms with Gasteiger partial charge in [0.2, 0.25) is 16.0 Å². The van der Waals surface area contributed by atoms with Crippen molar-refractivity contribution in [1.82, 2.24) is 19.4 Å². The molecule has 0 saturated heterocycles. The third kappa shape index (κ3) is 4.22. The second-order valence-corrected chi connectivity index (χ2v) is 11.2. The predicted molar refractivity (Wildman–Crippen MR) is 132 cm³/mol. The van der Waals surface area contributed by atoms with Crippen LogP contribution < -0.4 is 15.4 Å². The van der Waals surface area contributed by atoms with Crippen LogP contribution >= 0.6 is 0 Å². The Bertz CT molecular complexity index is 1380. The van der Waals surface area contributed by atoms with Crippen LogP contribution in [0.2, 0.25) is 0 Å². The Balaban J connectivity index is 1.61. The molecule has 0 spiro atoms. The highest BCUT2D eigenvalue weighted by atomic mass is 32.2. The lowest BCUT2D eigenvalue weighted by Gasteiger charge is -2.38. The molecule has 1 aliphatic carbocycles. The van der Waals surface area contributed by atoms with Crippen LogP contribution in [0, 0.1) is 11.8 Å². The third-order valence-electron chi connectivity index (χ3n) is 6.63. The van der Waals surface area contributed by atoms with Crippen molar-refractivity contribution >= 4 is 27.6 Å². The fraction of sp³-hybridized carbons (Fsp3) is 0.458. The van der Waals surface area contributed by atoms with E-state index >= 15 is 0 Å². The van der Waals surface area contributed by atoms with Crippen LogP contribution in [0.4, 0.5) is 5.69 Å². The Morgan fingerprint density at radius 1 is 1.31 bits per heavy atom. The van der Waals surface area contributed by atoms with Gasteiger partial charge in [0.05, 0.1) is 34.9 Å². The molecule has 1 unspecified atom stereocenters. The number of amides is 1. The number of rotatable bonds is 7. The van der Waals surface area contributed by atoms with Crippen molar-refractivity contribution in [1.29, 1.82) is 0 Å². The normalized spacial score (nSPS) is 22.3. The molecule has 1 saturated carbocycles. The highest BCUT2D eigenvalue weighted by Crippen LogP contribution is 2.39. The molecule has 5 rings (SSSR count). The number of guanidine groups is 1. The molecule has 3 aliphatic rings. The van der Waals surface area contributed by atoms with Crippen LogP contribution in [0.15, 0.2) is 40.5 Å².